The highest BCUT2D eigenvalue weighted by Crippen LogP contribution is 2.40. The lowest BCUT2D eigenvalue weighted by Crippen LogP contribution is -2.27. The molecule has 0 unspecified atom stereocenters. The Bertz CT molecular complexity index is 1230. The molecule has 1 saturated heterocycles. The molecule has 1 aliphatic heterocycles. The summed E-state index contributed by atoms with van der Waals surface area (Å²) >= 11 is 14.0. The van der Waals surface area contributed by atoms with Crippen LogP contribution < -0.4 is 9.64 Å². The second kappa shape index (κ2) is 9.79. The summed E-state index contributed by atoms with van der Waals surface area (Å²) in [6.07, 6.45) is 1.64. The Hall–Kier alpha value is -2.13. The van der Waals surface area contributed by atoms with E-state index in [2.05, 4.69) is 31.9 Å². The lowest BCUT2D eigenvalue weighted by molar-refractivity contribution is -0.113. The lowest BCUT2D eigenvalue weighted by Gasteiger charge is -2.13. The second-order valence-electron chi connectivity index (χ2n) is 6.70. The number of hydrogen-bond donors (Lipinski definition) is 0. The van der Waals surface area contributed by atoms with Crippen LogP contribution in [0.4, 0.5) is 14.9 Å². The van der Waals surface area contributed by atoms with E-state index in [1.165, 1.54) is 12.1 Å². The number of ether oxygens (including phenoxy) is 1. The summed E-state index contributed by atoms with van der Waals surface area (Å²) in [6, 6.07) is 16.3. The first kappa shape index (κ1) is 23.0. The molecule has 3 aromatic carbocycles. The molecule has 0 bridgehead atoms. The van der Waals surface area contributed by atoms with Crippen molar-refractivity contribution in [2.75, 3.05) is 4.90 Å². The highest BCUT2D eigenvalue weighted by atomic mass is 79.9. The predicted octanol–water partition coefficient (Wildman–Crippen LogP) is 7.82. The summed E-state index contributed by atoms with van der Waals surface area (Å²) in [5, 5.41) is -0.0871. The standard InChI is InChI=1S/C23H13Br2ClFNO3S/c24-16-9-14(10-17(25)21(16)31-12-13-5-7-15(27)8-6-13)11-20-22(29)28(23(30)32-20)19-4-2-1-3-18(19)26/h1-11H,12H2/b20-11-. The Balaban J connectivity index is 1.55. The fourth-order valence-electron chi connectivity index (χ4n) is 3.00. The van der Waals surface area contributed by atoms with E-state index in [1.54, 1.807) is 54.6 Å². The molecule has 0 radical (unpaired) electrons. The van der Waals surface area contributed by atoms with Gasteiger partial charge in [0.1, 0.15) is 18.2 Å². The Morgan fingerprint density at radius 3 is 2.34 bits per heavy atom. The van der Waals surface area contributed by atoms with Crippen molar-refractivity contribution in [2.45, 2.75) is 6.61 Å². The first-order valence-corrected chi connectivity index (χ1v) is 12.0. The minimum atomic E-state index is -0.433. The van der Waals surface area contributed by atoms with Gasteiger partial charge in [-0.25, -0.2) is 9.29 Å². The molecule has 9 heteroatoms. The fourth-order valence-corrected chi connectivity index (χ4v) is 5.50. The summed E-state index contributed by atoms with van der Waals surface area (Å²) < 4.78 is 20.2. The van der Waals surface area contributed by atoms with Crippen LogP contribution in [-0.4, -0.2) is 11.1 Å². The Morgan fingerprint density at radius 1 is 1.03 bits per heavy atom. The molecule has 0 spiro atoms. The van der Waals surface area contributed by atoms with Crippen LogP contribution in [0.2, 0.25) is 5.02 Å². The van der Waals surface area contributed by atoms with Crippen LogP contribution in [0.15, 0.2) is 74.5 Å². The van der Waals surface area contributed by atoms with Crippen LogP contribution in [0.3, 0.4) is 0 Å². The number of carbonyl (C=O) groups excluding carboxylic acids is 2. The maximum atomic E-state index is 13.1. The molecule has 1 aliphatic rings. The van der Waals surface area contributed by atoms with Gasteiger partial charge in [0.2, 0.25) is 0 Å². The maximum absolute atomic E-state index is 13.1. The SMILES string of the molecule is O=C1S/C(=C\c2cc(Br)c(OCc3ccc(F)cc3)c(Br)c2)C(=O)N1c1ccccc1Cl. The van der Waals surface area contributed by atoms with Crippen molar-refractivity contribution in [3.63, 3.8) is 0 Å². The third-order valence-electron chi connectivity index (χ3n) is 4.50. The molecule has 162 valence electrons. The second-order valence-corrected chi connectivity index (χ2v) is 9.81. The first-order valence-electron chi connectivity index (χ1n) is 9.22. The number of anilines is 1. The van der Waals surface area contributed by atoms with E-state index in [0.29, 0.717) is 31.0 Å². The number of rotatable bonds is 5. The number of halogens is 4. The molecule has 32 heavy (non-hydrogen) atoms. The summed E-state index contributed by atoms with van der Waals surface area (Å²) in [6.45, 7) is 0.257. The van der Waals surface area contributed by atoms with Crippen LogP contribution in [0, 0.1) is 5.82 Å². The summed E-state index contributed by atoms with van der Waals surface area (Å²) in [5.41, 5.74) is 1.87. The third-order valence-corrected chi connectivity index (χ3v) is 6.87. The monoisotopic (exact) mass is 595 g/mol. The quantitative estimate of drug-likeness (QED) is 0.282. The van der Waals surface area contributed by atoms with E-state index in [0.717, 1.165) is 22.2 Å². The zero-order valence-corrected chi connectivity index (χ0v) is 20.9. The first-order chi connectivity index (χ1) is 15.3. The van der Waals surface area contributed by atoms with Gasteiger partial charge in [-0.1, -0.05) is 35.9 Å². The fraction of sp³-hybridized carbons (Fsp3) is 0.0435. The van der Waals surface area contributed by atoms with Gasteiger partial charge in [0.05, 0.1) is 24.6 Å². The topological polar surface area (TPSA) is 46.6 Å². The van der Waals surface area contributed by atoms with Gasteiger partial charge in [-0.3, -0.25) is 9.59 Å². The molecule has 0 atom stereocenters. The van der Waals surface area contributed by atoms with Gasteiger partial charge in [0.15, 0.2) is 0 Å². The van der Waals surface area contributed by atoms with Crippen molar-refractivity contribution in [1.29, 1.82) is 0 Å². The smallest absolute Gasteiger partial charge is 0.298 e. The summed E-state index contributed by atoms with van der Waals surface area (Å²) in [4.78, 5) is 26.7. The Kier molecular flexibility index (Phi) is 7.05. The number of benzene rings is 3. The lowest BCUT2D eigenvalue weighted by atomic mass is 10.2. The predicted molar refractivity (Wildman–Crippen MR) is 132 cm³/mol. The third kappa shape index (κ3) is 4.93. The van der Waals surface area contributed by atoms with Crippen molar-refractivity contribution in [3.05, 3.63) is 96.5 Å². The minimum absolute atomic E-state index is 0.257. The summed E-state index contributed by atoms with van der Waals surface area (Å²) in [7, 11) is 0. The Morgan fingerprint density at radius 2 is 1.69 bits per heavy atom. The molecule has 4 rings (SSSR count). The Labute approximate surface area is 209 Å². The highest BCUT2D eigenvalue weighted by molar-refractivity contribution is 9.11. The van der Waals surface area contributed by atoms with Crippen LogP contribution in [-0.2, 0) is 11.4 Å². The molecule has 2 amide bonds. The average Bonchev–Trinajstić information content (AvgIpc) is 3.02. The van der Waals surface area contributed by atoms with E-state index in [1.807, 2.05) is 0 Å². The molecule has 1 heterocycles. The number of imide groups is 1. The van der Waals surface area contributed by atoms with E-state index in [-0.39, 0.29) is 17.3 Å². The number of carbonyl (C=O) groups is 2. The van der Waals surface area contributed by atoms with Crippen molar-refractivity contribution < 1.29 is 18.7 Å². The van der Waals surface area contributed by atoms with Crippen LogP contribution in [0.5, 0.6) is 5.75 Å². The molecule has 3 aromatic rings. The largest absolute Gasteiger partial charge is 0.487 e. The minimum Gasteiger partial charge on any atom is -0.487 e. The van der Waals surface area contributed by atoms with E-state index in [4.69, 9.17) is 16.3 Å². The number of amides is 2. The van der Waals surface area contributed by atoms with Gasteiger partial charge in [0.25, 0.3) is 11.1 Å². The maximum Gasteiger partial charge on any atom is 0.298 e. The number of para-hydroxylation sites is 1. The van der Waals surface area contributed by atoms with Crippen molar-refractivity contribution in [2.24, 2.45) is 0 Å². The van der Waals surface area contributed by atoms with Crippen LogP contribution in [0.25, 0.3) is 6.08 Å². The molecule has 0 saturated carbocycles. The average molecular weight is 598 g/mol. The highest BCUT2D eigenvalue weighted by Gasteiger charge is 2.37. The van der Waals surface area contributed by atoms with Gasteiger partial charge in [-0.15, -0.1) is 0 Å². The van der Waals surface area contributed by atoms with Gasteiger partial charge < -0.3 is 4.74 Å². The molecule has 4 nitrogen and oxygen atoms in total. The normalized spacial score (nSPS) is 15.0. The van der Waals surface area contributed by atoms with E-state index in [9.17, 15) is 14.0 Å². The van der Waals surface area contributed by atoms with Crippen LogP contribution in [0.1, 0.15) is 11.1 Å². The van der Waals surface area contributed by atoms with Crippen molar-refractivity contribution >= 4 is 78.1 Å². The molecular formula is C23H13Br2ClFNO3S. The molecular weight excluding hydrogens is 585 g/mol. The van der Waals surface area contributed by atoms with E-state index >= 15 is 0 Å². The summed E-state index contributed by atoms with van der Waals surface area (Å²) in [5.74, 6) is -0.174. The van der Waals surface area contributed by atoms with Crippen molar-refractivity contribution in [3.8, 4) is 5.75 Å². The zero-order valence-electron chi connectivity index (χ0n) is 16.2. The molecule has 0 aromatic heterocycles. The molecule has 1 fully saturated rings. The van der Waals surface area contributed by atoms with Gasteiger partial charge in [-0.05, 0) is 97.2 Å². The van der Waals surface area contributed by atoms with Crippen LogP contribution >= 0.6 is 55.2 Å². The van der Waals surface area contributed by atoms with Gasteiger partial charge in [0, 0.05) is 0 Å². The number of thioether (sulfide) groups is 1. The van der Waals surface area contributed by atoms with E-state index < -0.39 is 11.1 Å². The van der Waals surface area contributed by atoms with Gasteiger partial charge in [-0.2, -0.15) is 0 Å². The zero-order chi connectivity index (χ0) is 22.8. The number of nitrogens with zero attached hydrogens (tertiary/aromatic N) is 1. The number of hydrogen-bond acceptors (Lipinski definition) is 4. The van der Waals surface area contributed by atoms with Gasteiger partial charge >= 0.3 is 0 Å². The molecule has 0 N–H and O–H groups in total. The molecule has 0 aliphatic carbocycles. The van der Waals surface area contributed by atoms with Crippen molar-refractivity contribution in [1.82, 2.24) is 0 Å².